The molecule has 0 saturated heterocycles. The fraction of sp³-hybridized carbons (Fsp3) is 0.357. The summed E-state index contributed by atoms with van der Waals surface area (Å²) in [6.45, 7) is 2.54. The molecule has 1 N–H and O–H groups in total. The van der Waals surface area contributed by atoms with Gasteiger partial charge in [0.2, 0.25) is 0 Å². The average Bonchev–Trinajstić information content (AvgIpc) is 2.86. The summed E-state index contributed by atoms with van der Waals surface area (Å²) in [5.41, 5.74) is 1.96. The van der Waals surface area contributed by atoms with Crippen LogP contribution in [0.4, 0.5) is 5.13 Å². The van der Waals surface area contributed by atoms with Gasteiger partial charge in [-0.05, 0) is 31.0 Å². The van der Waals surface area contributed by atoms with E-state index in [0.29, 0.717) is 11.4 Å². The predicted molar refractivity (Wildman–Crippen MR) is 81.3 cm³/mol. The molecule has 2 heterocycles. The number of rotatable bonds is 5. The molecule has 0 unspecified atom stereocenters. The number of hydrogen-bond acceptors (Lipinski definition) is 5. The second-order valence-corrected chi connectivity index (χ2v) is 5.51. The van der Waals surface area contributed by atoms with Crippen molar-refractivity contribution in [2.75, 3.05) is 26.0 Å². The maximum Gasteiger partial charge on any atom is 0.265 e. The largest absolute Gasteiger partial charge is 0.365 e. The van der Waals surface area contributed by atoms with Gasteiger partial charge in [-0.15, -0.1) is 0 Å². The zero-order chi connectivity index (χ0) is 14.5. The number of nitrogens with zero attached hydrogens (tertiary/aromatic N) is 3. The summed E-state index contributed by atoms with van der Waals surface area (Å²) in [4.78, 5) is 23.1. The van der Waals surface area contributed by atoms with Crippen LogP contribution in [-0.2, 0) is 6.42 Å². The van der Waals surface area contributed by atoms with Crippen molar-refractivity contribution in [3.8, 4) is 0 Å². The molecule has 0 aliphatic carbocycles. The summed E-state index contributed by atoms with van der Waals surface area (Å²) in [6, 6.07) is 3.94. The number of pyridine rings is 1. The number of anilines is 1. The Kier molecular flexibility index (Phi) is 4.68. The van der Waals surface area contributed by atoms with E-state index >= 15 is 0 Å². The lowest BCUT2D eigenvalue weighted by molar-refractivity contribution is 0.0800. The smallest absolute Gasteiger partial charge is 0.265 e. The Morgan fingerprint density at radius 3 is 2.70 bits per heavy atom. The van der Waals surface area contributed by atoms with Gasteiger partial charge in [0.1, 0.15) is 4.88 Å². The Morgan fingerprint density at radius 2 is 2.10 bits per heavy atom. The first-order chi connectivity index (χ1) is 9.61. The van der Waals surface area contributed by atoms with E-state index in [1.54, 1.807) is 24.3 Å². The van der Waals surface area contributed by atoms with Crippen molar-refractivity contribution < 1.29 is 4.79 Å². The molecular weight excluding hydrogens is 272 g/mol. The van der Waals surface area contributed by atoms with E-state index < -0.39 is 0 Å². The van der Waals surface area contributed by atoms with Crippen molar-refractivity contribution in [3.05, 3.63) is 40.7 Å². The standard InChI is InChI=1S/C14H18N4OS/c1-10-12(20-14(15-2)17-10)13(19)18(3)9-6-11-4-7-16-8-5-11/h4-5,7-8H,6,9H2,1-3H3,(H,15,17). The van der Waals surface area contributed by atoms with Gasteiger partial charge >= 0.3 is 0 Å². The van der Waals surface area contributed by atoms with Crippen LogP contribution in [0.5, 0.6) is 0 Å². The van der Waals surface area contributed by atoms with Crippen LogP contribution in [0.3, 0.4) is 0 Å². The normalized spacial score (nSPS) is 10.3. The quantitative estimate of drug-likeness (QED) is 0.917. The number of likely N-dealkylation sites (N-methyl/N-ethyl adjacent to an activating group) is 1. The minimum Gasteiger partial charge on any atom is -0.365 e. The van der Waals surface area contributed by atoms with Gasteiger partial charge < -0.3 is 10.2 Å². The van der Waals surface area contributed by atoms with Crippen LogP contribution in [0.1, 0.15) is 20.9 Å². The van der Waals surface area contributed by atoms with Crippen LogP contribution in [0.15, 0.2) is 24.5 Å². The van der Waals surface area contributed by atoms with Crippen LogP contribution in [-0.4, -0.2) is 41.4 Å². The minimum atomic E-state index is 0.0237. The number of thiazole rings is 1. The molecule has 0 aromatic carbocycles. The van der Waals surface area contributed by atoms with E-state index in [2.05, 4.69) is 15.3 Å². The number of nitrogens with one attached hydrogen (secondary N) is 1. The van der Waals surface area contributed by atoms with Crippen molar-refractivity contribution in [1.82, 2.24) is 14.9 Å². The summed E-state index contributed by atoms with van der Waals surface area (Å²) in [6.07, 6.45) is 4.36. The Morgan fingerprint density at radius 1 is 1.40 bits per heavy atom. The van der Waals surface area contributed by atoms with Gasteiger partial charge in [-0.1, -0.05) is 11.3 Å². The third-order valence-corrected chi connectivity index (χ3v) is 4.20. The molecule has 2 aromatic rings. The second-order valence-electron chi connectivity index (χ2n) is 4.52. The molecule has 1 amide bonds. The fourth-order valence-electron chi connectivity index (χ4n) is 1.82. The third-order valence-electron chi connectivity index (χ3n) is 3.04. The zero-order valence-corrected chi connectivity index (χ0v) is 12.7. The Labute approximate surface area is 122 Å². The highest BCUT2D eigenvalue weighted by atomic mass is 32.1. The molecular formula is C14H18N4OS. The Bertz CT molecular complexity index is 582. The van der Waals surface area contributed by atoms with E-state index in [1.807, 2.05) is 26.1 Å². The molecule has 106 valence electrons. The maximum atomic E-state index is 12.4. The van der Waals surface area contributed by atoms with Crippen LogP contribution in [0, 0.1) is 6.92 Å². The van der Waals surface area contributed by atoms with Crippen molar-refractivity contribution in [2.24, 2.45) is 0 Å². The summed E-state index contributed by atoms with van der Waals surface area (Å²) in [5.74, 6) is 0.0237. The predicted octanol–water partition coefficient (Wildman–Crippen LogP) is 2.20. The molecule has 0 fully saturated rings. The SMILES string of the molecule is CNc1nc(C)c(C(=O)N(C)CCc2ccncc2)s1. The number of carbonyl (C=O) groups excluding carboxylic acids is 1. The molecule has 2 rings (SSSR count). The van der Waals surface area contributed by atoms with Crippen molar-refractivity contribution in [1.29, 1.82) is 0 Å². The maximum absolute atomic E-state index is 12.4. The van der Waals surface area contributed by atoms with E-state index in [-0.39, 0.29) is 5.91 Å². The van der Waals surface area contributed by atoms with Crippen LogP contribution < -0.4 is 5.32 Å². The molecule has 2 aromatic heterocycles. The van der Waals surface area contributed by atoms with Crippen molar-refractivity contribution in [3.63, 3.8) is 0 Å². The number of amides is 1. The molecule has 5 nitrogen and oxygen atoms in total. The number of aromatic nitrogens is 2. The molecule has 0 spiro atoms. The number of aryl methyl sites for hydroxylation is 1. The molecule has 0 radical (unpaired) electrons. The van der Waals surface area contributed by atoms with Crippen LogP contribution in [0.25, 0.3) is 0 Å². The first-order valence-electron chi connectivity index (χ1n) is 6.41. The fourth-order valence-corrected chi connectivity index (χ4v) is 2.74. The highest BCUT2D eigenvalue weighted by Crippen LogP contribution is 2.23. The Hall–Kier alpha value is -1.95. The molecule has 0 aliphatic rings. The average molecular weight is 290 g/mol. The molecule has 6 heteroatoms. The molecule has 0 bridgehead atoms. The molecule has 0 aliphatic heterocycles. The van der Waals surface area contributed by atoms with Crippen molar-refractivity contribution >= 4 is 22.4 Å². The van der Waals surface area contributed by atoms with Crippen LogP contribution in [0.2, 0.25) is 0 Å². The van der Waals surface area contributed by atoms with Gasteiger partial charge in [0, 0.05) is 33.0 Å². The summed E-state index contributed by atoms with van der Waals surface area (Å²) >= 11 is 1.39. The highest BCUT2D eigenvalue weighted by Gasteiger charge is 2.18. The highest BCUT2D eigenvalue weighted by molar-refractivity contribution is 7.17. The van der Waals surface area contributed by atoms with Gasteiger partial charge in [-0.3, -0.25) is 9.78 Å². The van der Waals surface area contributed by atoms with E-state index in [9.17, 15) is 4.79 Å². The lowest BCUT2D eigenvalue weighted by atomic mass is 10.2. The molecule has 0 atom stereocenters. The lowest BCUT2D eigenvalue weighted by Gasteiger charge is -2.16. The summed E-state index contributed by atoms with van der Waals surface area (Å²) in [5, 5.41) is 3.74. The Balaban J connectivity index is 1.99. The minimum absolute atomic E-state index is 0.0237. The summed E-state index contributed by atoms with van der Waals surface area (Å²) < 4.78 is 0. The van der Waals surface area contributed by atoms with Gasteiger partial charge in [0.25, 0.3) is 5.91 Å². The van der Waals surface area contributed by atoms with E-state index in [1.165, 1.54) is 16.9 Å². The number of carbonyl (C=O) groups is 1. The first-order valence-corrected chi connectivity index (χ1v) is 7.23. The van der Waals surface area contributed by atoms with Gasteiger partial charge in [0.15, 0.2) is 5.13 Å². The van der Waals surface area contributed by atoms with Crippen molar-refractivity contribution in [2.45, 2.75) is 13.3 Å². The topological polar surface area (TPSA) is 58.1 Å². The van der Waals surface area contributed by atoms with E-state index in [4.69, 9.17) is 0 Å². The summed E-state index contributed by atoms with van der Waals surface area (Å²) in [7, 11) is 3.63. The van der Waals surface area contributed by atoms with Crippen LogP contribution >= 0.6 is 11.3 Å². The third kappa shape index (κ3) is 3.33. The van der Waals surface area contributed by atoms with Gasteiger partial charge in [-0.25, -0.2) is 4.98 Å². The molecule has 0 saturated carbocycles. The molecule has 20 heavy (non-hydrogen) atoms. The zero-order valence-electron chi connectivity index (χ0n) is 11.9. The van der Waals surface area contributed by atoms with Gasteiger partial charge in [-0.2, -0.15) is 0 Å². The second kappa shape index (κ2) is 6.47. The lowest BCUT2D eigenvalue weighted by Crippen LogP contribution is -2.28. The van der Waals surface area contributed by atoms with Gasteiger partial charge in [0.05, 0.1) is 5.69 Å². The first kappa shape index (κ1) is 14.5. The monoisotopic (exact) mass is 290 g/mol. The number of hydrogen-bond donors (Lipinski definition) is 1. The van der Waals surface area contributed by atoms with E-state index in [0.717, 1.165) is 17.2 Å².